The first-order chi connectivity index (χ1) is 11.3. The number of carbonyl (C=O) groups is 1. The Morgan fingerprint density at radius 1 is 1.04 bits per heavy atom. The molecule has 0 aliphatic carbocycles. The van der Waals surface area contributed by atoms with Crippen LogP contribution in [0.3, 0.4) is 0 Å². The average Bonchev–Trinajstić information content (AvgIpc) is 2.85. The first-order valence-electron chi connectivity index (χ1n) is 6.92. The Hall–Kier alpha value is -3.07. The van der Waals surface area contributed by atoms with Crippen molar-refractivity contribution in [1.29, 1.82) is 0 Å². The number of nitrogens with one attached hydrogen (secondary N) is 4. The highest BCUT2D eigenvalue weighted by Gasteiger charge is 2.14. The predicted octanol–water partition coefficient (Wildman–Crippen LogP) is 1.48. The Kier molecular flexibility index (Phi) is 3.86. The maximum atomic E-state index is 12.4. The van der Waals surface area contributed by atoms with Crippen LogP contribution >= 0.6 is 0 Å². The number of aromatic amines is 2. The minimum atomic E-state index is -3.51. The number of para-hydroxylation sites is 1. The number of amides is 1. The fourth-order valence-electron chi connectivity index (χ4n) is 2.28. The lowest BCUT2D eigenvalue weighted by atomic mass is 10.1. The number of carbonyl (C=O) groups excluding carboxylic acids is 1. The Labute approximate surface area is 137 Å². The SMILES string of the molecule is CS(=O)(=O)Nc1ccccc1C(=O)Nc1ccc2[nH]c(=O)[nH]c2c1. The number of H-pyrrole nitrogens is 2. The Morgan fingerprint density at radius 2 is 1.75 bits per heavy atom. The number of hydrogen-bond acceptors (Lipinski definition) is 4. The zero-order valence-electron chi connectivity index (χ0n) is 12.6. The predicted molar refractivity (Wildman–Crippen MR) is 91.8 cm³/mol. The molecule has 0 saturated carbocycles. The van der Waals surface area contributed by atoms with Gasteiger partial charge in [0.2, 0.25) is 10.0 Å². The molecule has 4 N–H and O–H groups in total. The maximum absolute atomic E-state index is 12.4. The molecule has 24 heavy (non-hydrogen) atoms. The van der Waals surface area contributed by atoms with Crippen LogP contribution in [-0.2, 0) is 10.0 Å². The van der Waals surface area contributed by atoms with Gasteiger partial charge < -0.3 is 15.3 Å². The van der Waals surface area contributed by atoms with Crippen molar-refractivity contribution in [3.63, 3.8) is 0 Å². The normalized spacial score (nSPS) is 11.4. The van der Waals surface area contributed by atoms with Crippen molar-refractivity contribution < 1.29 is 13.2 Å². The molecular formula is C15H14N4O4S. The lowest BCUT2D eigenvalue weighted by molar-refractivity contribution is 0.102. The number of aromatic nitrogens is 2. The van der Waals surface area contributed by atoms with Gasteiger partial charge in [0, 0.05) is 5.69 Å². The Balaban J connectivity index is 1.90. The molecule has 0 fully saturated rings. The van der Waals surface area contributed by atoms with E-state index in [-0.39, 0.29) is 16.9 Å². The highest BCUT2D eigenvalue weighted by atomic mass is 32.2. The van der Waals surface area contributed by atoms with Crippen molar-refractivity contribution in [3.8, 4) is 0 Å². The van der Waals surface area contributed by atoms with Crippen LogP contribution in [0.25, 0.3) is 11.0 Å². The summed E-state index contributed by atoms with van der Waals surface area (Å²) in [5.74, 6) is -0.473. The van der Waals surface area contributed by atoms with Crippen LogP contribution in [0.2, 0.25) is 0 Å². The molecule has 0 spiro atoms. The number of fused-ring (bicyclic) bond motifs is 1. The van der Waals surface area contributed by atoms with Gasteiger partial charge in [-0.15, -0.1) is 0 Å². The van der Waals surface area contributed by atoms with Crippen LogP contribution in [-0.4, -0.2) is 30.5 Å². The van der Waals surface area contributed by atoms with Gasteiger partial charge in [-0.1, -0.05) is 12.1 Å². The zero-order chi connectivity index (χ0) is 17.3. The highest BCUT2D eigenvalue weighted by molar-refractivity contribution is 7.92. The number of benzene rings is 2. The molecule has 0 aliphatic rings. The molecule has 3 aromatic rings. The van der Waals surface area contributed by atoms with Gasteiger partial charge in [0.15, 0.2) is 0 Å². The topological polar surface area (TPSA) is 124 Å². The fourth-order valence-corrected chi connectivity index (χ4v) is 2.86. The third-order valence-electron chi connectivity index (χ3n) is 3.24. The van der Waals surface area contributed by atoms with E-state index in [0.717, 1.165) is 6.26 Å². The first kappa shape index (κ1) is 15.8. The van der Waals surface area contributed by atoms with Gasteiger partial charge in [-0.25, -0.2) is 13.2 Å². The van der Waals surface area contributed by atoms with E-state index >= 15 is 0 Å². The Bertz CT molecular complexity index is 1080. The van der Waals surface area contributed by atoms with Crippen molar-refractivity contribution in [2.24, 2.45) is 0 Å². The quantitative estimate of drug-likeness (QED) is 0.571. The lowest BCUT2D eigenvalue weighted by Crippen LogP contribution is -2.17. The van der Waals surface area contributed by atoms with Crippen molar-refractivity contribution >= 4 is 38.3 Å². The average molecular weight is 346 g/mol. The summed E-state index contributed by atoms with van der Waals surface area (Å²) in [4.78, 5) is 28.9. The van der Waals surface area contributed by atoms with Crippen LogP contribution < -0.4 is 15.7 Å². The monoisotopic (exact) mass is 346 g/mol. The van der Waals surface area contributed by atoms with Crippen LogP contribution in [0.4, 0.5) is 11.4 Å². The molecule has 3 rings (SSSR count). The molecule has 9 heteroatoms. The second-order valence-corrected chi connectivity index (χ2v) is 6.96. The summed E-state index contributed by atoms with van der Waals surface area (Å²) in [5.41, 5.74) is 1.68. The van der Waals surface area contributed by atoms with Crippen LogP contribution in [0.15, 0.2) is 47.3 Å². The van der Waals surface area contributed by atoms with E-state index in [9.17, 15) is 18.0 Å². The van der Waals surface area contributed by atoms with Crippen LogP contribution in [0.5, 0.6) is 0 Å². The zero-order valence-corrected chi connectivity index (χ0v) is 13.4. The van der Waals surface area contributed by atoms with Gasteiger partial charge in [0.25, 0.3) is 5.91 Å². The molecule has 0 atom stereocenters. The third kappa shape index (κ3) is 3.46. The van der Waals surface area contributed by atoms with Crippen molar-refractivity contribution in [2.45, 2.75) is 0 Å². The third-order valence-corrected chi connectivity index (χ3v) is 3.83. The molecule has 0 saturated heterocycles. The molecule has 0 radical (unpaired) electrons. The molecule has 124 valence electrons. The molecule has 2 aromatic carbocycles. The van der Waals surface area contributed by atoms with Gasteiger partial charge in [-0.2, -0.15) is 0 Å². The second kappa shape index (κ2) is 5.85. The van der Waals surface area contributed by atoms with E-state index in [4.69, 9.17) is 0 Å². The largest absolute Gasteiger partial charge is 0.323 e. The Morgan fingerprint density at radius 3 is 2.50 bits per heavy atom. The molecule has 1 aromatic heterocycles. The molecule has 0 unspecified atom stereocenters. The smallest absolute Gasteiger partial charge is 0.322 e. The fraction of sp³-hybridized carbons (Fsp3) is 0.0667. The minimum Gasteiger partial charge on any atom is -0.322 e. The lowest BCUT2D eigenvalue weighted by Gasteiger charge is -2.11. The van der Waals surface area contributed by atoms with Crippen molar-refractivity contribution in [2.75, 3.05) is 16.3 Å². The summed E-state index contributed by atoms with van der Waals surface area (Å²) < 4.78 is 25.1. The standard InChI is InChI=1S/C15H14N4O4S/c1-24(22,23)19-11-5-3-2-4-10(11)14(20)16-9-6-7-12-13(8-9)18-15(21)17-12/h2-8,19H,1H3,(H,16,20)(H2,17,18,21). The van der Waals surface area contributed by atoms with Gasteiger partial charge in [-0.05, 0) is 30.3 Å². The van der Waals surface area contributed by atoms with E-state index < -0.39 is 15.9 Å². The summed E-state index contributed by atoms with van der Waals surface area (Å²) in [7, 11) is -3.51. The van der Waals surface area contributed by atoms with E-state index in [1.807, 2.05) is 0 Å². The van der Waals surface area contributed by atoms with Gasteiger partial charge >= 0.3 is 5.69 Å². The summed E-state index contributed by atoms with van der Waals surface area (Å²) in [5, 5.41) is 2.68. The molecule has 0 bridgehead atoms. The van der Waals surface area contributed by atoms with Crippen LogP contribution in [0, 0.1) is 0 Å². The van der Waals surface area contributed by atoms with Gasteiger partial charge in [0.05, 0.1) is 28.5 Å². The molecule has 1 amide bonds. The number of hydrogen-bond donors (Lipinski definition) is 4. The summed E-state index contributed by atoms with van der Waals surface area (Å²) in [6.07, 6.45) is 1.01. The van der Waals surface area contributed by atoms with E-state index in [1.54, 1.807) is 30.3 Å². The van der Waals surface area contributed by atoms with Crippen molar-refractivity contribution in [3.05, 3.63) is 58.5 Å². The van der Waals surface area contributed by atoms with Gasteiger partial charge in [-0.3, -0.25) is 9.52 Å². The van der Waals surface area contributed by atoms with E-state index in [1.165, 1.54) is 12.1 Å². The number of imidazole rings is 1. The summed E-state index contributed by atoms with van der Waals surface area (Å²) in [6, 6.07) is 11.2. The maximum Gasteiger partial charge on any atom is 0.323 e. The van der Waals surface area contributed by atoms with E-state index in [0.29, 0.717) is 16.7 Å². The molecule has 0 aliphatic heterocycles. The highest BCUT2D eigenvalue weighted by Crippen LogP contribution is 2.20. The van der Waals surface area contributed by atoms with E-state index in [2.05, 4.69) is 20.0 Å². The minimum absolute atomic E-state index is 0.186. The molecule has 1 heterocycles. The molecule has 8 nitrogen and oxygen atoms in total. The first-order valence-corrected chi connectivity index (χ1v) is 8.81. The van der Waals surface area contributed by atoms with Crippen molar-refractivity contribution in [1.82, 2.24) is 9.97 Å². The van der Waals surface area contributed by atoms with Gasteiger partial charge in [0.1, 0.15) is 0 Å². The number of sulfonamides is 1. The molecular weight excluding hydrogens is 332 g/mol. The second-order valence-electron chi connectivity index (χ2n) is 5.21. The summed E-state index contributed by atoms with van der Waals surface area (Å²) in [6.45, 7) is 0. The number of rotatable bonds is 4. The summed E-state index contributed by atoms with van der Waals surface area (Å²) >= 11 is 0. The van der Waals surface area contributed by atoms with Crippen LogP contribution in [0.1, 0.15) is 10.4 Å². The number of anilines is 2.